The maximum atomic E-state index is 12.6. The van der Waals surface area contributed by atoms with Gasteiger partial charge in [-0.3, -0.25) is 4.79 Å². The number of benzene rings is 2. The van der Waals surface area contributed by atoms with E-state index < -0.39 is 10.0 Å². The van der Waals surface area contributed by atoms with E-state index in [2.05, 4.69) is 0 Å². The Labute approximate surface area is 139 Å². The average molecular weight is 351 g/mol. The number of hydrogen-bond acceptors (Lipinski definition) is 3. The number of fused-ring (bicyclic) bond motifs is 1. The van der Waals surface area contributed by atoms with E-state index in [1.807, 2.05) is 0 Å². The Hall–Kier alpha value is -1.89. The largest absolute Gasteiger partial charge is 0.334 e. The normalized spacial score (nSPS) is 14.4. The summed E-state index contributed by atoms with van der Waals surface area (Å²) >= 11 is 6.08. The molecule has 0 fully saturated rings. The van der Waals surface area contributed by atoms with Gasteiger partial charge in [-0.1, -0.05) is 29.8 Å². The van der Waals surface area contributed by atoms with Gasteiger partial charge in [0.1, 0.15) is 0 Å². The summed E-state index contributed by atoms with van der Waals surface area (Å²) in [4.78, 5) is 14.3. The average Bonchev–Trinajstić information content (AvgIpc) is 2.53. The summed E-state index contributed by atoms with van der Waals surface area (Å²) in [5.41, 5.74) is 2.27. The summed E-state index contributed by atoms with van der Waals surface area (Å²) < 4.78 is 23.0. The molecular weight excluding hydrogens is 336 g/mol. The Morgan fingerprint density at radius 3 is 2.57 bits per heavy atom. The van der Waals surface area contributed by atoms with E-state index in [1.165, 1.54) is 12.1 Å². The minimum absolute atomic E-state index is 0.0586. The lowest BCUT2D eigenvalue weighted by Crippen LogP contribution is -2.36. The van der Waals surface area contributed by atoms with Crippen molar-refractivity contribution in [3.63, 3.8) is 0 Å². The molecule has 0 saturated carbocycles. The molecule has 1 heterocycles. The number of rotatable bonds is 2. The van der Waals surface area contributed by atoms with Crippen LogP contribution in [0.3, 0.4) is 0 Å². The fourth-order valence-electron chi connectivity index (χ4n) is 2.69. The van der Waals surface area contributed by atoms with Crippen molar-refractivity contribution in [1.82, 2.24) is 4.90 Å². The van der Waals surface area contributed by atoms with Crippen molar-refractivity contribution >= 4 is 27.5 Å². The van der Waals surface area contributed by atoms with Crippen molar-refractivity contribution in [3.8, 4) is 0 Å². The van der Waals surface area contributed by atoms with Gasteiger partial charge < -0.3 is 4.90 Å². The molecule has 1 aliphatic rings. The first-order valence-electron chi connectivity index (χ1n) is 7.04. The highest BCUT2D eigenvalue weighted by Crippen LogP contribution is 2.25. The minimum atomic E-state index is -3.76. The number of nitrogens with two attached hydrogens (primary N) is 1. The highest BCUT2D eigenvalue weighted by molar-refractivity contribution is 7.89. The number of primary sulfonamides is 1. The van der Waals surface area contributed by atoms with Gasteiger partial charge in [0.15, 0.2) is 0 Å². The van der Waals surface area contributed by atoms with E-state index in [0.29, 0.717) is 30.1 Å². The van der Waals surface area contributed by atoms with Crippen LogP contribution in [0.25, 0.3) is 0 Å². The van der Waals surface area contributed by atoms with Gasteiger partial charge in [0.2, 0.25) is 10.0 Å². The molecule has 23 heavy (non-hydrogen) atoms. The van der Waals surface area contributed by atoms with Crippen LogP contribution in [0.2, 0.25) is 5.02 Å². The fourth-order valence-corrected chi connectivity index (χ4v) is 3.47. The summed E-state index contributed by atoms with van der Waals surface area (Å²) in [7, 11) is -3.76. The molecule has 0 atom stereocenters. The summed E-state index contributed by atoms with van der Waals surface area (Å²) in [6.45, 7) is 0.897. The van der Waals surface area contributed by atoms with Gasteiger partial charge in [0.05, 0.1) is 15.5 Å². The van der Waals surface area contributed by atoms with Crippen LogP contribution in [0, 0.1) is 0 Å². The third-order valence-electron chi connectivity index (χ3n) is 3.91. The molecule has 0 aliphatic carbocycles. The molecule has 0 unspecified atom stereocenters. The summed E-state index contributed by atoms with van der Waals surface area (Å²) in [6, 6.07) is 11.7. The first kappa shape index (κ1) is 16.0. The van der Waals surface area contributed by atoms with Crippen LogP contribution < -0.4 is 5.14 Å². The number of halogens is 1. The molecule has 2 aromatic carbocycles. The topological polar surface area (TPSA) is 80.5 Å². The minimum Gasteiger partial charge on any atom is -0.334 e. The number of amides is 1. The van der Waals surface area contributed by atoms with E-state index in [1.54, 1.807) is 35.2 Å². The zero-order valence-electron chi connectivity index (χ0n) is 12.2. The zero-order valence-corrected chi connectivity index (χ0v) is 13.8. The molecule has 3 rings (SSSR count). The van der Waals surface area contributed by atoms with Gasteiger partial charge in [-0.25, -0.2) is 13.6 Å². The third kappa shape index (κ3) is 3.24. The van der Waals surface area contributed by atoms with E-state index in [0.717, 1.165) is 11.1 Å². The molecule has 0 radical (unpaired) electrons. The maximum Gasteiger partial charge on any atom is 0.255 e. The van der Waals surface area contributed by atoms with Crippen molar-refractivity contribution in [2.75, 3.05) is 6.54 Å². The summed E-state index contributed by atoms with van der Waals surface area (Å²) in [5.74, 6) is -0.165. The van der Waals surface area contributed by atoms with Crippen molar-refractivity contribution in [3.05, 3.63) is 64.2 Å². The zero-order chi connectivity index (χ0) is 16.6. The molecule has 0 spiro atoms. The summed E-state index contributed by atoms with van der Waals surface area (Å²) in [6.07, 6.45) is 0.663. The number of carbonyl (C=O) groups excluding carboxylic acids is 1. The molecular formula is C16H15ClN2O3S. The highest BCUT2D eigenvalue weighted by Gasteiger charge is 2.24. The lowest BCUT2D eigenvalue weighted by molar-refractivity contribution is 0.0735. The molecule has 1 amide bonds. The lowest BCUT2D eigenvalue weighted by atomic mass is 9.99. The molecule has 120 valence electrons. The second-order valence-electron chi connectivity index (χ2n) is 5.43. The van der Waals surface area contributed by atoms with E-state index in [9.17, 15) is 13.2 Å². The Kier molecular flexibility index (Phi) is 4.14. The Balaban J connectivity index is 1.90. The predicted molar refractivity (Wildman–Crippen MR) is 87.7 cm³/mol. The Morgan fingerprint density at radius 2 is 1.87 bits per heavy atom. The van der Waals surface area contributed by atoms with Crippen LogP contribution in [-0.4, -0.2) is 25.8 Å². The Morgan fingerprint density at radius 1 is 1.13 bits per heavy atom. The van der Waals surface area contributed by atoms with E-state index in [4.69, 9.17) is 16.7 Å². The first-order chi connectivity index (χ1) is 10.9. The monoisotopic (exact) mass is 350 g/mol. The van der Waals surface area contributed by atoms with E-state index >= 15 is 0 Å². The van der Waals surface area contributed by atoms with Gasteiger partial charge in [0.25, 0.3) is 5.91 Å². The molecule has 0 bridgehead atoms. The van der Waals surface area contributed by atoms with Crippen LogP contribution in [0.5, 0.6) is 0 Å². The SMILES string of the molecule is NS(=O)(=O)c1ccc2c(c1)CN(C(=O)c1ccccc1Cl)CC2. The standard InChI is InChI=1S/C16H15ClN2O3S/c17-15-4-2-1-3-14(15)16(20)19-8-7-11-5-6-13(23(18,21)22)9-12(11)10-19/h1-6,9H,7-8,10H2,(H2,18,21,22). The lowest BCUT2D eigenvalue weighted by Gasteiger charge is -2.29. The summed E-state index contributed by atoms with van der Waals surface area (Å²) in [5, 5.41) is 5.57. The smallest absolute Gasteiger partial charge is 0.255 e. The predicted octanol–water partition coefficient (Wildman–Crippen LogP) is 2.19. The van der Waals surface area contributed by atoms with Crippen LogP contribution >= 0.6 is 11.6 Å². The number of nitrogens with zero attached hydrogens (tertiary/aromatic N) is 1. The van der Waals surface area contributed by atoms with Gasteiger partial charge in [0, 0.05) is 13.1 Å². The molecule has 7 heteroatoms. The number of hydrogen-bond donors (Lipinski definition) is 1. The van der Waals surface area contributed by atoms with Gasteiger partial charge in [-0.05, 0) is 41.8 Å². The number of sulfonamides is 1. The molecule has 0 saturated heterocycles. The van der Waals surface area contributed by atoms with Gasteiger partial charge >= 0.3 is 0 Å². The van der Waals surface area contributed by atoms with E-state index in [-0.39, 0.29) is 10.8 Å². The maximum absolute atomic E-state index is 12.6. The Bertz CT molecular complexity index is 881. The van der Waals surface area contributed by atoms with Crippen molar-refractivity contribution in [1.29, 1.82) is 0 Å². The van der Waals surface area contributed by atoms with Crippen LogP contribution in [-0.2, 0) is 23.0 Å². The van der Waals surface area contributed by atoms with Crippen molar-refractivity contribution in [2.45, 2.75) is 17.9 Å². The van der Waals surface area contributed by atoms with Crippen LogP contribution in [0.4, 0.5) is 0 Å². The van der Waals surface area contributed by atoms with Crippen molar-refractivity contribution < 1.29 is 13.2 Å². The van der Waals surface area contributed by atoms with Crippen LogP contribution in [0.1, 0.15) is 21.5 Å². The second-order valence-corrected chi connectivity index (χ2v) is 7.40. The van der Waals surface area contributed by atoms with Crippen LogP contribution in [0.15, 0.2) is 47.4 Å². The molecule has 0 aromatic heterocycles. The third-order valence-corrected chi connectivity index (χ3v) is 5.15. The molecule has 1 aliphatic heterocycles. The molecule has 5 nitrogen and oxygen atoms in total. The molecule has 2 aromatic rings. The second kappa shape index (κ2) is 5.96. The fraction of sp³-hybridized carbons (Fsp3) is 0.188. The highest BCUT2D eigenvalue weighted by atomic mass is 35.5. The molecule has 2 N–H and O–H groups in total. The van der Waals surface area contributed by atoms with Crippen molar-refractivity contribution in [2.24, 2.45) is 5.14 Å². The first-order valence-corrected chi connectivity index (χ1v) is 8.97. The van der Waals surface area contributed by atoms with Gasteiger partial charge in [-0.2, -0.15) is 0 Å². The quantitative estimate of drug-likeness (QED) is 0.901. The van der Waals surface area contributed by atoms with Gasteiger partial charge in [-0.15, -0.1) is 0 Å². The number of carbonyl (C=O) groups is 1.